The maximum Gasteiger partial charge on any atom is 0.417 e. The number of hydrogen-bond acceptors (Lipinski definition) is 5. The quantitative estimate of drug-likeness (QED) is 0.554. The van der Waals surface area contributed by atoms with Gasteiger partial charge in [-0.15, -0.1) is 0 Å². The lowest BCUT2D eigenvalue weighted by Gasteiger charge is -2.02. The fourth-order valence-corrected chi connectivity index (χ4v) is 2.80. The molecular weight excluding hydrogens is 342 g/mol. The summed E-state index contributed by atoms with van der Waals surface area (Å²) in [5, 5.41) is 4.27. The number of sulfonamides is 1. The first-order chi connectivity index (χ1) is 10.9. The zero-order valence-corrected chi connectivity index (χ0v) is 13.1. The number of rotatable bonds is 4. The predicted octanol–water partition coefficient (Wildman–Crippen LogP) is 2.09. The molecule has 7 nitrogen and oxygen atoms in total. The Kier molecular flexibility index (Phi) is 3.93. The second kappa shape index (κ2) is 5.90. The van der Waals surface area contributed by atoms with Crippen LogP contribution in [-0.4, -0.2) is 19.6 Å². The summed E-state index contributed by atoms with van der Waals surface area (Å²) in [6.45, 7) is 0. The number of aromatic nitrogens is 1. The van der Waals surface area contributed by atoms with Crippen molar-refractivity contribution in [1.82, 2.24) is 9.82 Å². The Bertz CT molecular complexity index is 1040. The first-order valence-electron chi connectivity index (χ1n) is 6.37. The molecular formula is C14H10ClN3O4S. The van der Waals surface area contributed by atoms with Gasteiger partial charge < -0.3 is 4.42 Å². The van der Waals surface area contributed by atoms with Gasteiger partial charge in [-0.25, -0.2) is 9.63 Å². The maximum atomic E-state index is 12.2. The molecule has 0 unspecified atom stereocenters. The second-order valence-corrected chi connectivity index (χ2v) is 6.67. The van der Waals surface area contributed by atoms with Crippen LogP contribution in [0.2, 0.25) is 5.02 Å². The highest BCUT2D eigenvalue weighted by Crippen LogP contribution is 2.16. The van der Waals surface area contributed by atoms with Gasteiger partial charge in [-0.2, -0.15) is 13.5 Å². The van der Waals surface area contributed by atoms with Crippen LogP contribution < -0.4 is 10.6 Å². The molecule has 3 aromatic rings. The van der Waals surface area contributed by atoms with Crippen molar-refractivity contribution in [3.63, 3.8) is 0 Å². The molecule has 1 heterocycles. The molecule has 9 heteroatoms. The fraction of sp³-hybridized carbons (Fsp3) is 0. The van der Waals surface area contributed by atoms with E-state index in [4.69, 9.17) is 16.0 Å². The molecule has 0 aliphatic heterocycles. The molecule has 0 radical (unpaired) electrons. The highest BCUT2D eigenvalue weighted by molar-refractivity contribution is 7.89. The van der Waals surface area contributed by atoms with Crippen molar-refractivity contribution < 1.29 is 12.8 Å². The van der Waals surface area contributed by atoms with Crippen LogP contribution in [0, 0.1) is 0 Å². The first-order valence-corrected chi connectivity index (χ1v) is 8.23. The number of oxazole rings is 1. The number of aromatic amines is 1. The standard InChI is InChI=1S/C14H10ClN3O4S/c15-10-3-1-9(2-4-10)8-16-18-23(20,21)11-5-6-12-13(7-11)22-14(19)17-12/h1-8,18H,(H,17,19)/b16-8+. The largest absolute Gasteiger partial charge is 0.417 e. The number of benzene rings is 2. The molecule has 3 rings (SSSR count). The summed E-state index contributed by atoms with van der Waals surface area (Å²) in [5.41, 5.74) is 1.25. The van der Waals surface area contributed by atoms with Crippen molar-refractivity contribution >= 4 is 38.9 Å². The summed E-state index contributed by atoms with van der Waals surface area (Å²) >= 11 is 5.76. The second-order valence-electron chi connectivity index (χ2n) is 4.58. The van der Waals surface area contributed by atoms with Crippen LogP contribution in [0.15, 0.2) is 61.7 Å². The summed E-state index contributed by atoms with van der Waals surface area (Å²) in [7, 11) is -3.87. The van der Waals surface area contributed by atoms with E-state index in [0.29, 0.717) is 16.1 Å². The molecule has 1 aromatic heterocycles. The highest BCUT2D eigenvalue weighted by atomic mass is 35.5. The number of hydrazone groups is 1. The first kappa shape index (κ1) is 15.3. The highest BCUT2D eigenvalue weighted by Gasteiger charge is 2.14. The molecule has 0 saturated heterocycles. The van der Waals surface area contributed by atoms with Gasteiger partial charge in [-0.1, -0.05) is 23.7 Å². The van der Waals surface area contributed by atoms with Crippen LogP contribution in [-0.2, 0) is 10.0 Å². The van der Waals surface area contributed by atoms with E-state index in [1.165, 1.54) is 24.4 Å². The van der Waals surface area contributed by atoms with Crippen molar-refractivity contribution in [1.29, 1.82) is 0 Å². The minimum atomic E-state index is -3.87. The fourth-order valence-electron chi connectivity index (χ4n) is 1.86. The summed E-state index contributed by atoms with van der Waals surface area (Å²) < 4.78 is 29.1. The molecule has 0 saturated carbocycles. The Hall–Kier alpha value is -2.58. The molecule has 0 bridgehead atoms. The van der Waals surface area contributed by atoms with Gasteiger partial charge >= 0.3 is 5.76 Å². The van der Waals surface area contributed by atoms with E-state index in [0.717, 1.165) is 0 Å². The molecule has 23 heavy (non-hydrogen) atoms. The monoisotopic (exact) mass is 351 g/mol. The molecule has 0 aliphatic carbocycles. The van der Waals surface area contributed by atoms with Crippen LogP contribution in [0.3, 0.4) is 0 Å². The summed E-state index contributed by atoms with van der Waals surface area (Å²) in [5.74, 6) is -0.650. The number of hydrogen-bond donors (Lipinski definition) is 2. The van der Waals surface area contributed by atoms with E-state index < -0.39 is 15.8 Å². The average Bonchev–Trinajstić information content (AvgIpc) is 2.88. The van der Waals surface area contributed by atoms with E-state index in [2.05, 4.69) is 14.9 Å². The Morgan fingerprint density at radius 3 is 2.65 bits per heavy atom. The third-order valence-electron chi connectivity index (χ3n) is 2.96. The lowest BCUT2D eigenvalue weighted by Crippen LogP contribution is -2.18. The van der Waals surface area contributed by atoms with Gasteiger partial charge in [0.05, 0.1) is 16.6 Å². The number of nitrogens with zero attached hydrogens (tertiary/aromatic N) is 1. The van der Waals surface area contributed by atoms with Gasteiger partial charge in [0.15, 0.2) is 5.58 Å². The topological polar surface area (TPSA) is 105 Å². The smallest absolute Gasteiger partial charge is 0.408 e. The van der Waals surface area contributed by atoms with Crippen LogP contribution in [0.1, 0.15) is 5.56 Å². The number of fused-ring (bicyclic) bond motifs is 1. The van der Waals surface area contributed by atoms with Crippen molar-refractivity contribution in [2.24, 2.45) is 5.10 Å². The lowest BCUT2D eigenvalue weighted by atomic mass is 10.2. The summed E-state index contributed by atoms with van der Waals surface area (Å²) in [6, 6.07) is 10.7. The van der Waals surface area contributed by atoms with Gasteiger partial charge in [-0.3, -0.25) is 4.98 Å². The maximum absolute atomic E-state index is 12.2. The van der Waals surface area contributed by atoms with E-state index in [-0.39, 0.29) is 10.5 Å². The number of nitrogens with one attached hydrogen (secondary N) is 2. The Morgan fingerprint density at radius 1 is 1.17 bits per heavy atom. The van der Waals surface area contributed by atoms with Gasteiger partial charge in [0.25, 0.3) is 10.0 Å². The van der Waals surface area contributed by atoms with Crippen LogP contribution in [0.25, 0.3) is 11.1 Å². The van der Waals surface area contributed by atoms with Crippen LogP contribution in [0.4, 0.5) is 0 Å². The van der Waals surface area contributed by atoms with Gasteiger partial charge in [0.2, 0.25) is 0 Å². The summed E-state index contributed by atoms with van der Waals surface area (Å²) in [4.78, 5) is 15.5. The van der Waals surface area contributed by atoms with Crippen molar-refractivity contribution in [3.05, 3.63) is 63.6 Å². The third kappa shape index (κ3) is 3.43. The van der Waals surface area contributed by atoms with Crippen LogP contribution >= 0.6 is 11.6 Å². The number of H-pyrrole nitrogens is 1. The van der Waals surface area contributed by atoms with E-state index in [1.54, 1.807) is 24.3 Å². The summed E-state index contributed by atoms with van der Waals surface area (Å²) in [6.07, 6.45) is 1.35. The van der Waals surface area contributed by atoms with Gasteiger partial charge in [0, 0.05) is 11.1 Å². The molecule has 0 aliphatic rings. The molecule has 2 aromatic carbocycles. The zero-order valence-electron chi connectivity index (χ0n) is 11.5. The Balaban J connectivity index is 1.82. The normalized spacial score (nSPS) is 12.0. The predicted molar refractivity (Wildman–Crippen MR) is 86.2 cm³/mol. The molecule has 0 amide bonds. The molecule has 118 valence electrons. The lowest BCUT2D eigenvalue weighted by molar-refractivity contribution is 0.553. The third-order valence-corrected chi connectivity index (χ3v) is 4.43. The Morgan fingerprint density at radius 2 is 1.91 bits per heavy atom. The minimum Gasteiger partial charge on any atom is -0.408 e. The zero-order chi connectivity index (χ0) is 16.4. The number of halogens is 1. The van der Waals surface area contributed by atoms with E-state index in [9.17, 15) is 13.2 Å². The molecule has 2 N–H and O–H groups in total. The minimum absolute atomic E-state index is 0.0685. The van der Waals surface area contributed by atoms with Crippen molar-refractivity contribution in [2.75, 3.05) is 0 Å². The van der Waals surface area contributed by atoms with E-state index >= 15 is 0 Å². The SMILES string of the molecule is O=c1[nH]c2ccc(S(=O)(=O)N/N=C/c3ccc(Cl)cc3)cc2o1. The Labute approximate surface area is 135 Å². The molecule has 0 atom stereocenters. The molecule has 0 spiro atoms. The van der Waals surface area contributed by atoms with Crippen molar-refractivity contribution in [2.45, 2.75) is 4.90 Å². The van der Waals surface area contributed by atoms with Crippen LogP contribution in [0.5, 0.6) is 0 Å². The van der Waals surface area contributed by atoms with Gasteiger partial charge in [0.1, 0.15) is 0 Å². The average molecular weight is 352 g/mol. The van der Waals surface area contributed by atoms with Crippen molar-refractivity contribution in [3.8, 4) is 0 Å². The molecule has 0 fully saturated rings. The van der Waals surface area contributed by atoms with Gasteiger partial charge in [-0.05, 0) is 29.8 Å². The van der Waals surface area contributed by atoms with E-state index in [1.807, 2.05) is 0 Å².